The smallest absolute Gasteiger partial charge is 0.167 e. The van der Waals surface area contributed by atoms with Crippen molar-refractivity contribution in [2.24, 2.45) is 0 Å². The Bertz CT molecular complexity index is 400. The molecule has 0 saturated carbocycles. The summed E-state index contributed by atoms with van der Waals surface area (Å²) in [5, 5.41) is 27.5. The van der Waals surface area contributed by atoms with E-state index in [1.807, 2.05) is 0 Å². The molecule has 17 heavy (non-hydrogen) atoms. The van der Waals surface area contributed by atoms with E-state index in [9.17, 15) is 15.0 Å². The maximum Gasteiger partial charge on any atom is 0.167 e. The van der Waals surface area contributed by atoms with Crippen molar-refractivity contribution in [2.45, 2.75) is 19.8 Å². The van der Waals surface area contributed by atoms with E-state index in [4.69, 9.17) is 9.84 Å². The Morgan fingerprint density at radius 3 is 2.59 bits per heavy atom. The molecule has 0 aliphatic rings. The van der Waals surface area contributed by atoms with Crippen LogP contribution in [0.4, 0.5) is 0 Å². The van der Waals surface area contributed by atoms with E-state index in [0.717, 1.165) is 6.07 Å². The third-order valence-electron chi connectivity index (χ3n) is 2.23. The van der Waals surface area contributed by atoms with Gasteiger partial charge >= 0.3 is 0 Å². The third-order valence-corrected chi connectivity index (χ3v) is 2.23. The summed E-state index contributed by atoms with van der Waals surface area (Å²) in [7, 11) is 0. The van der Waals surface area contributed by atoms with Crippen LogP contribution in [0.2, 0.25) is 0 Å². The van der Waals surface area contributed by atoms with Gasteiger partial charge in [0, 0.05) is 18.7 Å². The summed E-state index contributed by atoms with van der Waals surface area (Å²) in [5.41, 5.74) is 0.0619. The molecular weight excluding hydrogens is 224 g/mol. The molecule has 1 aromatic carbocycles. The number of carbonyl (C=O) groups excluding carboxylic acids is 1. The largest absolute Gasteiger partial charge is 0.508 e. The highest BCUT2D eigenvalue weighted by molar-refractivity contribution is 5.99. The summed E-state index contributed by atoms with van der Waals surface area (Å²) in [5.74, 6) is -0.632. The second kappa shape index (κ2) is 6.10. The number of phenolic OH excluding ortho intramolecular Hbond substituents is 2. The zero-order valence-corrected chi connectivity index (χ0v) is 9.64. The van der Waals surface area contributed by atoms with Crippen LogP contribution in [0.3, 0.4) is 0 Å². The van der Waals surface area contributed by atoms with E-state index in [0.29, 0.717) is 19.4 Å². The number of aromatic hydroxyl groups is 2. The van der Waals surface area contributed by atoms with Crippen molar-refractivity contribution in [3.05, 3.63) is 17.7 Å². The molecule has 0 bridgehead atoms. The highest BCUT2D eigenvalue weighted by Crippen LogP contribution is 2.33. The predicted molar refractivity (Wildman–Crippen MR) is 61.6 cm³/mol. The molecule has 94 valence electrons. The van der Waals surface area contributed by atoms with E-state index >= 15 is 0 Å². The maximum absolute atomic E-state index is 11.3. The van der Waals surface area contributed by atoms with Gasteiger partial charge in [-0.1, -0.05) is 0 Å². The monoisotopic (exact) mass is 240 g/mol. The summed E-state index contributed by atoms with van der Waals surface area (Å²) in [4.78, 5) is 11.3. The van der Waals surface area contributed by atoms with E-state index in [-0.39, 0.29) is 35.2 Å². The number of carbonyl (C=O) groups is 1. The number of aliphatic hydroxyl groups is 1. The Hall–Kier alpha value is -1.75. The first-order valence-electron chi connectivity index (χ1n) is 5.37. The summed E-state index contributed by atoms with van der Waals surface area (Å²) in [6, 6.07) is 2.38. The van der Waals surface area contributed by atoms with Gasteiger partial charge in [-0.15, -0.1) is 0 Å². The van der Waals surface area contributed by atoms with Crippen LogP contribution < -0.4 is 4.74 Å². The number of ketones is 1. The molecule has 1 aromatic rings. The molecule has 5 heteroatoms. The number of aliphatic hydroxyl groups excluding tert-OH is 1. The van der Waals surface area contributed by atoms with Gasteiger partial charge < -0.3 is 20.1 Å². The Kier molecular flexibility index (Phi) is 4.78. The van der Waals surface area contributed by atoms with Crippen LogP contribution in [0.25, 0.3) is 0 Å². The average molecular weight is 240 g/mol. The molecule has 0 spiro atoms. The molecular formula is C12H16O5. The second-order valence-corrected chi connectivity index (χ2v) is 3.67. The fraction of sp³-hybridized carbons (Fsp3) is 0.417. The fourth-order valence-corrected chi connectivity index (χ4v) is 1.45. The van der Waals surface area contributed by atoms with Crippen molar-refractivity contribution in [3.63, 3.8) is 0 Å². The van der Waals surface area contributed by atoms with Gasteiger partial charge in [0.2, 0.25) is 0 Å². The SMILES string of the molecule is CC(=O)c1c(O)cc(O)cc1OCCCCO. The molecule has 0 aliphatic heterocycles. The predicted octanol–water partition coefficient (Wildman–Crippen LogP) is 1.45. The summed E-state index contributed by atoms with van der Waals surface area (Å²) in [6.07, 6.45) is 1.23. The number of unbranched alkanes of at least 4 members (excludes halogenated alkanes) is 1. The molecule has 0 heterocycles. The zero-order valence-electron chi connectivity index (χ0n) is 9.64. The highest BCUT2D eigenvalue weighted by atomic mass is 16.5. The minimum absolute atomic E-state index is 0.0619. The third kappa shape index (κ3) is 3.64. The Labute approximate surface area is 99.3 Å². The lowest BCUT2D eigenvalue weighted by Crippen LogP contribution is -2.04. The van der Waals surface area contributed by atoms with Crippen molar-refractivity contribution in [2.75, 3.05) is 13.2 Å². The number of ether oxygens (including phenoxy) is 1. The lowest BCUT2D eigenvalue weighted by atomic mass is 10.1. The van der Waals surface area contributed by atoms with E-state index in [1.165, 1.54) is 13.0 Å². The summed E-state index contributed by atoms with van der Waals surface area (Å²) < 4.78 is 5.31. The van der Waals surface area contributed by atoms with Gasteiger partial charge in [0.05, 0.1) is 6.61 Å². The minimum atomic E-state index is -0.334. The normalized spacial score (nSPS) is 10.2. The molecule has 0 saturated heterocycles. The molecule has 0 amide bonds. The van der Waals surface area contributed by atoms with Crippen molar-refractivity contribution >= 4 is 5.78 Å². The highest BCUT2D eigenvalue weighted by Gasteiger charge is 2.15. The van der Waals surface area contributed by atoms with Gasteiger partial charge in [-0.2, -0.15) is 0 Å². The van der Waals surface area contributed by atoms with Crippen LogP contribution in [-0.4, -0.2) is 34.3 Å². The van der Waals surface area contributed by atoms with Crippen LogP contribution in [0.5, 0.6) is 17.2 Å². The van der Waals surface area contributed by atoms with Crippen LogP contribution >= 0.6 is 0 Å². The molecule has 0 atom stereocenters. The van der Waals surface area contributed by atoms with Crippen LogP contribution in [0, 0.1) is 0 Å². The average Bonchev–Trinajstić information content (AvgIpc) is 2.22. The van der Waals surface area contributed by atoms with Crippen LogP contribution in [0.1, 0.15) is 30.1 Å². The van der Waals surface area contributed by atoms with E-state index in [1.54, 1.807) is 0 Å². The Morgan fingerprint density at radius 1 is 1.29 bits per heavy atom. The lowest BCUT2D eigenvalue weighted by Gasteiger charge is -2.11. The standard InChI is InChI=1S/C12H16O5/c1-8(14)12-10(16)6-9(15)7-11(12)17-5-3-2-4-13/h6-7,13,15-16H,2-5H2,1H3. The fourth-order valence-electron chi connectivity index (χ4n) is 1.45. The molecule has 0 aromatic heterocycles. The quantitative estimate of drug-likeness (QED) is 0.517. The first-order chi connectivity index (χ1) is 8.06. The Balaban J connectivity index is 2.85. The van der Waals surface area contributed by atoms with E-state index in [2.05, 4.69) is 0 Å². The number of hydrogen-bond acceptors (Lipinski definition) is 5. The molecule has 0 aliphatic carbocycles. The maximum atomic E-state index is 11.3. The first kappa shape index (κ1) is 13.3. The topological polar surface area (TPSA) is 87.0 Å². The van der Waals surface area contributed by atoms with Gasteiger partial charge in [0.25, 0.3) is 0 Å². The van der Waals surface area contributed by atoms with Crippen molar-refractivity contribution < 1.29 is 24.9 Å². The second-order valence-electron chi connectivity index (χ2n) is 3.67. The molecule has 0 fully saturated rings. The van der Waals surface area contributed by atoms with Crippen LogP contribution in [0.15, 0.2) is 12.1 Å². The van der Waals surface area contributed by atoms with Crippen molar-refractivity contribution in [1.29, 1.82) is 0 Å². The van der Waals surface area contributed by atoms with Crippen LogP contribution in [-0.2, 0) is 0 Å². The number of hydrogen-bond donors (Lipinski definition) is 3. The van der Waals surface area contributed by atoms with Gasteiger partial charge in [-0.05, 0) is 19.8 Å². The van der Waals surface area contributed by atoms with Gasteiger partial charge in [0.15, 0.2) is 5.78 Å². The van der Waals surface area contributed by atoms with Crippen molar-refractivity contribution in [1.82, 2.24) is 0 Å². The molecule has 1 rings (SSSR count). The number of phenols is 2. The van der Waals surface area contributed by atoms with Gasteiger partial charge in [0.1, 0.15) is 22.8 Å². The van der Waals surface area contributed by atoms with Gasteiger partial charge in [-0.25, -0.2) is 0 Å². The molecule has 0 radical (unpaired) electrons. The minimum Gasteiger partial charge on any atom is -0.508 e. The molecule has 3 N–H and O–H groups in total. The lowest BCUT2D eigenvalue weighted by molar-refractivity contribution is 0.101. The number of rotatable bonds is 6. The summed E-state index contributed by atoms with van der Waals surface area (Å²) in [6.45, 7) is 1.70. The zero-order chi connectivity index (χ0) is 12.8. The molecule has 5 nitrogen and oxygen atoms in total. The van der Waals surface area contributed by atoms with Gasteiger partial charge in [-0.3, -0.25) is 4.79 Å². The van der Waals surface area contributed by atoms with E-state index < -0.39 is 0 Å². The first-order valence-corrected chi connectivity index (χ1v) is 5.37. The Morgan fingerprint density at radius 2 is 2.00 bits per heavy atom. The van der Waals surface area contributed by atoms with Crippen molar-refractivity contribution in [3.8, 4) is 17.2 Å². The number of benzene rings is 1. The molecule has 0 unspecified atom stereocenters. The summed E-state index contributed by atoms with van der Waals surface area (Å²) >= 11 is 0. The number of Topliss-reactive ketones (excluding diaryl/α,β-unsaturated/α-hetero) is 1.